The molecule has 1 aliphatic rings. The summed E-state index contributed by atoms with van der Waals surface area (Å²) in [7, 11) is 1.99. The number of nitrogens with one attached hydrogen (secondary N) is 3. The number of carboxylic acid groups (broad SMARTS) is 1. The number of nitrogens with zero attached hydrogens (tertiary/aromatic N) is 3. The molecule has 0 unspecified atom stereocenters. The maximum atomic E-state index is 14.9. The Morgan fingerprint density at radius 3 is 2.38 bits per heavy atom. The van der Waals surface area contributed by atoms with E-state index in [1.807, 2.05) is 39.6 Å². The normalized spacial score (nSPS) is 17.3. The van der Waals surface area contributed by atoms with Crippen LogP contribution in [0.25, 0.3) is 0 Å². The largest absolute Gasteiger partial charge is 0.481 e. The summed E-state index contributed by atoms with van der Waals surface area (Å²) >= 11 is 1.15. The van der Waals surface area contributed by atoms with E-state index in [9.17, 15) is 38.6 Å². The van der Waals surface area contributed by atoms with Crippen LogP contribution in [0.3, 0.4) is 0 Å². The highest BCUT2D eigenvalue weighted by molar-refractivity contribution is 7.10. The van der Waals surface area contributed by atoms with E-state index in [0.29, 0.717) is 23.5 Å². The van der Waals surface area contributed by atoms with Gasteiger partial charge < -0.3 is 36.8 Å². The third kappa shape index (κ3) is 14.6. The minimum atomic E-state index is -1.30. The van der Waals surface area contributed by atoms with E-state index < -0.39 is 53.0 Å². The molecule has 7 N–H and O–H groups in total. The Morgan fingerprint density at radius 2 is 1.78 bits per heavy atom. The van der Waals surface area contributed by atoms with Gasteiger partial charge in [-0.3, -0.25) is 28.9 Å². The van der Waals surface area contributed by atoms with Crippen LogP contribution >= 0.6 is 11.3 Å². The van der Waals surface area contributed by atoms with Crippen LogP contribution in [0.4, 0.5) is 15.9 Å². The van der Waals surface area contributed by atoms with Crippen molar-refractivity contribution in [1.29, 1.82) is 0 Å². The molecule has 0 aliphatic carbocycles. The van der Waals surface area contributed by atoms with Gasteiger partial charge in [0.1, 0.15) is 28.7 Å². The van der Waals surface area contributed by atoms with Crippen molar-refractivity contribution in [3.63, 3.8) is 0 Å². The van der Waals surface area contributed by atoms with Crippen LogP contribution in [0.5, 0.6) is 0 Å². The van der Waals surface area contributed by atoms with Gasteiger partial charge >= 0.3 is 5.97 Å². The standard InChI is InChI=1S/C44H70FN7O7S/c1-9-11-12-14-20-52(42(57)38(28(5)10-2)40(56)50-36-16-13-15-19-51(36)8)33(27(3)4)23-34(53)41-49-35(26-60-41)48-39(55)30(24-44(6,7)43(58)59)21-29-17-18-32(31(45)22-29)47-37(54)25-46/h17-18,22,26-28,30,33-34,36,38,53H,9-16,19-21,23-25,46H2,1-8H3,(H,47,54)(H,48,55)(H,50,56)(H,58,59)/t28-,30-,33+,34+,36+,38-/m0/s1. The number of hydrogen-bond acceptors (Lipinski definition) is 10. The fraction of sp³-hybridized carbons (Fsp3) is 0.682. The van der Waals surface area contributed by atoms with Gasteiger partial charge in [-0.15, -0.1) is 11.3 Å². The SMILES string of the molecule is CCCCCCN(C(=O)[C@H](C(=O)N[C@H]1CCCCN1C)[C@@H](C)CC)[C@H](C[C@@H](O)c1nc(NC(=O)[C@@H](Cc2ccc(NC(=O)CN)c(F)c2)CC(C)(C)C(=O)O)cs1)C(C)C. The van der Waals surface area contributed by atoms with E-state index in [1.165, 1.54) is 26.0 Å². The average molecular weight is 860 g/mol. The summed E-state index contributed by atoms with van der Waals surface area (Å²) in [6, 6.07) is 3.68. The van der Waals surface area contributed by atoms with Crippen molar-refractivity contribution in [3.8, 4) is 0 Å². The predicted molar refractivity (Wildman–Crippen MR) is 233 cm³/mol. The van der Waals surface area contributed by atoms with Crippen molar-refractivity contribution in [3.05, 3.63) is 40.0 Å². The fourth-order valence-corrected chi connectivity index (χ4v) is 8.49. The number of aromatic nitrogens is 1. The van der Waals surface area contributed by atoms with Crippen molar-refractivity contribution in [2.75, 3.05) is 37.3 Å². The Bertz CT molecular complexity index is 1740. The lowest BCUT2D eigenvalue weighted by Crippen LogP contribution is -2.56. The monoisotopic (exact) mass is 860 g/mol. The van der Waals surface area contributed by atoms with E-state index in [4.69, 9.17) is 5.73 Å². The molecule has 2 aromatic rings. The summed E-state index contributed by atoms with van der Waals surface area (Å²) in [6.07, 6.45) is 6.11. The number of thiazole rings is 1. The Kier molecular flexibility index (Phi) is 20.0. The molecule has 6 atom stereocenters. The number of halogens is 1. The van der Waals surface area contributed by atoms with Gasteiger partial charge in [0.15, 0.2) is 0 Å². The van der Waals surface area contributed by atoms with Gasteiger partial charge in [0.2, 0.25) is 23.6 Å². The Morgan fingerprint density at radius 1 is 1.07 bits per heavy atom. The molecule has 0 bridgehead atoms. The third-order valence-electron chi connectivity index (χ3n) is 11.8. The fourth-order valence-electron chi connectivity index (χ4n) is 7.74. The molecule has 336 valence electrons. The number of aliphatic carboxylic acids is 1. The van der Waals surface area contributed by atoms with E-state index in [-0.39, 0.29) is 67.1 Å². The summed E-state index contributed by atoms with van der Waals surface area (Å²) in [6.45, 7) is 14.1. The number of amides is 4. The number of carbonyl (C=O) groups excluding carboxylic acids is 4. The molecule has 0 saturated carbocycles. The van der Waals surface area contributed by atoms with Crippen LogP contribution in [-0.4, -0.2) is 93.5 Å². The number of benzene rings is 1. The van der Waals surface area contributed by atoms with Gasteiger partial charge in [-0.25, -0.2) is 9.37 Å². The number of anilines is 2. The van der Waals surface area contributed by atoms with E-state index in [1.54, 1.807) is 11.4 Å². The summed E-state index contributed by atoms with van der Waals surface area (Å²) in [5, 5.41) is 31.8. The van der Waals surface area contributed by atoms with Gasteiger partial charge in [0, 0.05) is 30.3 Å². The molecule has 0 spiro atoms. The third-order valence-corrected chi connectivity index (χ3v) is 12.7. The van der Waals surface area contributed by atoms with Crippen LogP contribution < -0.4 is 21.7 Å². The molecule has 1 fully saturated rings. The number of unbranched alkanes of at least 4 members (excludes halogenated alkanes) is 3. The van der Waals surface area contributed by atoms with Crippen molar-refractivity contribution in [1.82, 2.24) is 20.1 Å². The first-order chi connectivity index (χ1) is 28.3. The molecular weight excluding hydrogens is 790 g/mol. The molecule has 3 rings (SSSR count). The number of carbonyl (C=O) groups is 5. The van der Waals surface area contributed by atoms with Gasteiger partial charge in [-0.2, -0.15) is 0 Å². The zero-order valence-electron chi connectivity index (χ0n) is 36.9. The first-order valence-electron chi connectivity index (χ1n) is 21.6. The minimum Gasteiger partial charge on any atom is -0.481 e. The number of rotatable bonds is 24. The van der Waals surface area contributed by atoms with Crippen LogP contribution in [-0.2, 0) is 30.4 Å². The Balaban J connectivity index is 1.85. The van der Waals surface area contributed by atoms with E-state index >= 15 is 0 Å². The molecule has 1 saturated heterocycles. The second-order valence-electron chi connectivity index (χ2n) is 17.4. The second kappa shape index (κ2) is 23.9. The van der Waals surface area contributed by atoms with Crippen molar-refractivity contribution in [2.24, 2.45) is 34.8 Å². The molecule has 16 heteroatoms. The molecule has 1 aliphatic heterocycles. The zero-order valence-corrected chi connectivity index (χ0v) is 37.7. The summed E-state index contributed by atoms with van der Waals surface area (Å²) in [5.41, 5.74) is 4.38. The molecule has 4 amide bonds. The maximum absolute atomic E-state index is 14.9. The molecular formula is C44H70FN7O7S. The van der Waals surface area contributed by atoms with Gasteiger partial charge in [-0.05, 0) is 95.5 Å². The lowest BCUT2D eigenvalue weighted by Gasteiger charge is -2.39. The predicted octanol–water partition coefficient (Wildman–Crippen LogP) is 6.56. The van der Waals surface area contributed by atoms with Gasteiger partial charge in [-0.1, -0.05) is 66.4 Å². The highest BCUT2D eigenvalue weighted by Gasteiger charge is 2.40. The quantitative estimate of drug-likeness (QED) is 0.0496. The smallest absolute Gasteiger partial charge is 0.309 e. The number of aliphatic hydroxyl groups is 1. The number of nitrogens with two attached hydrogens (primary N) is 1. The highest BCUT2D eigenvalue weighted by Crippen LogP contribution is 2.33. The van der Waals surface area contributed by atoms with E-state index in [0.717, 1.165) is 62.8 Å². The van der Waals surface area contributed by atoms with Crippen LogP contribution in [0.2, 0.25) is 0 Å². The lowest BCUT2D eigenvalue weighted by molar-refractivity contribution is -0.149. The van der Waals surface area contributed by atoms with Crippen LogP contribution in [0.15, 0.2) is 23.6 Å². The maximum Gasteiger partial charge on any atom is 0.309 e. The van der Waals surface area contributed by atoms with Crippen molar-refractivity contribution >= 4 is 52.4 Å². The average Bonchev–Trinajstić information content (AvgIpc) is 3.67. The van der Waals surface area contributed by atoms with Gasteiger partial charge in [0.05, 0.1) is 23.8 Å². The molecule has 14 nitrogen and oxygen atoms in total. The molecule has 0 radical (unpaired) electrons. The number of piperidine rings is 1. The summed E-state index contributed by atoms with van der Waals surface area (Å²) in [5.74, 6) is -5.35. The lowest BCUT2D eigenvalue weighted by atomic mass is 9.80. The number of aliphatic hydroxyl groups excluding tert-OH is 1. The van der Waals surface area contributed by atoms with Crippen molar-refractivity contribution < 1.29 is 38.6 Å². The summed E-state index contributed by atoms with van der Waals surface area (Å²) in [4.78, 5) is 74.8. The molecule has 2 heterocycles. The molecule has 1 aromatic heterocycles. The Labute approximate surface area is 359 Å². The van der Waals surface area contributed by atoms with Crippen molar-refractivity contribution in [2.45, 2.75) is 137 Å². The first-order valence-corrected chi connectivity index (χ1v) is 22.5. The highest BCUT2D eigenvalue weighted by atomic mass is 32.1. The Hall–Kier alpha value is -3.99. The summed E-state index contributed by atoms with van der Waals surface area (Å²) < 4.78 is 14.9. The number of carboxylic acids is 1. The van der Waals surface area contributed by atoms with E-state index in [2.05, 4.69) is 32.8 Å². The topological polar surface area (TPSA) is 207 Å². The zero-order chi connectivity index (χ0) is 44.7. The molecule has 1 aromatic carbocycles. The van der Waals surface area contributed by atoms with Crippen LogP contribution in [0.1, 0.15) is 129 Å². The first kappa shape index (κ1) is 50.4. The number of hydrogen-bond donors (Lipinski definition) is 6. The van der Waals surface area contributed by atoms with Crippen LogP contribution in [0, 0.1) is 34.9 Å². The molecule has 60 heavy (non-hydrogen) atoms. The van der Waals surface area contributed by atoms with Gasteiger partial charge in [0.25, 0.3) is 0 Å². The number of likely N-dealkylation sites (tertiary alicyclic amines) is 1. The second-order valence-corrected chi connectivity index (χ2v) is 18.3. The minimum absolute atomic E-state index is 0.00456.